The van der Waals surface area contributed by atoms with Crippen molar-refractivity contribution in [2.45, 2.75) is 0 Å². The first-order valence-corrected chi connectivity index (χ1v) is 40.3. The van der Waals surface area contributed by atoms with Gasteiger partial charge in [0, 0.05) is 88.1 Å². The molecule has 0 unspecified atom stereocenters. The minimum Gasteiger partial charge on any atom is -0.0843 e. The van der Waals surface area contributed by atoms with Gasteiger partial charge in [0.1, 0.15) is 0 Å². The van der Waals surface area contributed by atoms with E-state index in [1.54, 1.807) is 18.2 Å². The van der Waals surface area contributed by atoms with E-state index < -0.39 is 0 Å². The van der Waals surface area contributed by atoms with Crippen LogP contribution in [0.3, 0.4) is 0 Å². The average Bonchev–Trinajstić information content (AvgIpc) is 0.844. The molecule has 0 N–H and O–H groups in total. The second kappa shape index (κ2) is 46.5. The zero-order valence-corrected chi connectivity index (χ0v) is 71.1. The van der Waals surface area contributed by atoms with Crippen LogP contribution in [0.4, 0.5) is 0 Å². The fraction of sp³-hybridized carbons (Fsp3) is 0. The summed E-state index contributed by atoms with van der Waals surface area (Å²) in [5, 5.41) is 11.1. The van der Waals surface area contributed by atoms with E-state index in [9.17, 15) is 0 Å². The third kappa shape index (κ3) is 28.6. The molecule has 0 saturated carbocycles. The molecule has 0 amide bonds. The van der Waals surface area contributed by atoms with Crippen molar-refractivity contribution in [3.05, 3.63) is 469 Å². The summed E-state index contributed by atoms with van der Waals surface area (Å²) in [7, 11) is 0. The van der Waals surface area contributed by atoms with Crippen LogP contribution < -0.4 is 0 Å². The highest BCUT2D eigenvalue weighted by Gasteiger charge is 2.10. The molecule has 0 aliphatic carbocycles. The molecular formula is C96H64Cl16. The predicted molar refractivity (Wildman–Crippen MR) is 495 cm³/mol. The van der Waals surface area contributed by atoms with Crippen molar-refractivity contribution in [1.82, 2.24) is 0 Å². The third-order valence-electron chi connectivity index (χ3n) is 16.1. The van der Waals surface area contributed by atoms with Crippen LogP contribution in [0.5, 0.6) is 0 Å². The van der Waals surface area contributed by atoms with Crippen molar-refractivity contribution in [3.8, 4) is 89.0 Å². The normalized spacial score (nSPS) is 10.1. The Balaban J connectivity index is 0.000000147. The van der Waals surface area contributed by atoms with E-state index >= 15 is 0 Å². The van der Waals surface area contributed by atoms with Gasteiger partial charge in [0.25, 0.3) is 0 Å². The Labute approximate surface area is 735 Å². The minimum atomic E-state index is 0.589. The predicted octanol–water partition coefficient (Wildman–Crippen LogP) is 37.3. The van der Waals surface area contributed by atoms with Gasteiger partial charge in [-0.25, -0.2) is 0 Å². The van der Waals surface area contributed by atoms with Gasteiger partial charge in [-0.2, -0.15) is 0 Å². The molecule has 16 heteroatoms. The number of hydrogen-bond acceptors (Lipinski definition) is 0. The Kier molecular flexibility index (Phi) is 36.6. The molecule has 16 rings (SSSR count). The van der Waals surface area contributed by atoms with Crippen molar-refractivity contribution < 1.29 is 0 Å². The summed E-state index contributed by atoms with van der Waals surface area (Å²) in [6.45, 7) is 0. The van der Waals surface area contributed by atoms with Gasteiger partial charge in [-0.15, -0.1) is 0 Å². The molecule has 0 aromatic heterocycles. The first-order chi connectivity index (χ1) is 54.2. The quantitative estimate of drug-likeness (QED) is 0.142. The average molecular weight is 1780 g/mol. The van der Waals surface area contributed by atoms with Crippen molar-refractivity contribution in [1.29, 1.82) is 0 Å². The molecule has 0 aliphatic heterocycles. The van der Waals surface area contributed by atoms with Gasteiger partial charge in [0.05, 0.1) is 20.1 Å². The standard InChI is InChI=1S/8C12H8Cl2/c13-11-5-1-9(2-6-11)10-3-7-12(14)8-4-10;13-11-5-1-3-9(7-11)10-4-2-6-12(14)8-10;13-11-7-3-1-5-9(11)10-6-2-4-8-12(10)14;13-11-8-4-7-10(12(11)14)9-5-2-1-3-6-9;13-10-7-5-9(6-8-10)11-3-1-2-4-12(11)14;13-11-6-10(7-12(14)8-11)9-4-2-1-3-5-9;13-10-6-7-12(14)11(8-10)9-4-2-1-3-5-9;13-11-7-6-10(8-12(11)14)9-4-2-1-3-5-9/h8*1-8H. The Hall–Kier alpha value is -7.84. The molecule has 560 valence electrons. The molecular weight excluding hydrogens is 1720 g/mol. The highest BCUT2D eigenvalue weighted by Crippen LogP contribution is 2.37. The molecule has 0 bridgehead atoms. The van der Waals surface area contributed by atoms with Crippen LogP contribution in [-0.4, -0.2) is 0 Å². The highest BCUT2D eigenvalue weighted by molar-refractivity contribution is 6.44. The molecule has 112 heavy (non-hydrogen) atoms. The monoisotopic (exact) mass is 1780 g/mol. The van der Waals surface area contributed by atoms with E-state index in [4.69, 9.17) is 186 Å². The van der Waals surface area contributed by atoms with Crippen LogP contribution in [0.2, 0.25) is 80.4 Å². The molecule has 0 spiro atoms. The van der Waals surface area contributed by atoms with E-state index in [0.717, 1.165) is 134 Å². The van der Waals surface area contributed by atoms with E-state index in [1.165, 1.54) is 0 Å². The van der Waals surface area contributed by atoms with Gasteiger partial charge >= 0.3 is 0 Å². The highest BCUT2D eigenvalue weighted by atomic mass is 35.5. The van der Waals surface area contributed by atoms with E-state index in [1.807, 2.05) is 370 Å². The molecule has 0 fully saturated rings. The second-order valence-corrected chi connectivity index (χ2v) is 30.7. The summed E-state index contributed by atoms with van der Waals surface area (Å²) >= 11 is 95.0. The van der Waals surface area contributed by atoms with Gasteiger partial charge in [0.2, 0.25) is 0 Å². The number of benzene rings is 16. The zero-order valence-electron chi connectivity index (χ0n) is 59.0. The lowest BCUT2D eigenvalue weighted by molar-refractivity contribution is 1.62. The van der Waals surface area contributed by atoms with Crippen LogP contribution in [0.1, 0.15) is 0 Å². The zero-order chi connectivity index (χ0) is 79.7. The van der Waals surface area contributed by atoms with E-state index in [-0.39, 0.29) is 0 Å². The minimum absolute atomic E-state index is 0.589. The third-order valence-corrected chi connectivity index (χ3v) is 20.9. The lowest BCUT2D eigenvalue weighted by atomic mass is 10.1. The number of hydrogen-bond donors (Lipinski definition) is 0. The number of rotatable bonds is 8. The summed E-state index contributed by atoms with van der Waals surface area (Å²) in [4.78, 5) is 0. The first-order valence-electron chi connectivity index (χ1n) is 34.2. The molecule has 0 radical (unpaired) electrons. The largest absolute Gasteiger partial charge is 0.0843 e. The van der Waals surface area contributed by atoms with Gasteiger partial charge in [-0.3, -0.25) is 0 Å². The second-order valence-electron chi connectivity index (χ2n) is 24.0. The molecule has 0 nitrogen and oxygen atoms in total. The van der Waals surface area contributed by atoms with Gasteiger partial charge in [-0.1, -0.05) is 440 Å². The molecule has 0 atom stereocenters. The van der Waals surface area contributed by atoms with E-state index in [0.29, 0.717) is 35.2 Å². The van der Waals surface area contributed by atoms with Crippen LogP contribution in [-0.2, 0) is 0 Å². The molecule has 0 saturated heterocycles. The summed E-state index contributed by atoms with van der Waals surface area (Å²) in [6, 6.07) is 124. The maximum atomic E-state index is 6.10. The van der Waals surface area contributed by atoms with Crippen LogP contribution in [0.25, 0.3) is 89.0 Å². The lowest BCUT2D eigenvalue weighted by Crippen LogP contribution is -1.79. The first kappa shape index (κ1) is 88.1. The van der Waals surface area contributed by atoms with Crippen LogP contribution in [0, 0.1) is 0 Å². The van der Waals surface area contributed by atoms with Crippen molar-refractivity contribution in [2.75, 3.05) is 0 Å². The Bertz CT molecular complexity index is 5390. The topological polar surface area (TPSA) is 0 Å². The van der Waals surface area contributed by atoms with Crippen molar-refractivity contribution in [2.24, 2.45) is 0 Å². The molecule has 0 aliphatic rings. The fourth-order valence-electron chi connectivity index (χ4n) is 10.6. The van der Waals surface area contributed by atoms with Crippen LogP contribution >= 0.6 is 186 Å². The Morgan fingerprint density at radius 3 is 0.795 bits per heavy atom. The molecule has 16 aromatic carbocycles. The molecule has 16 aromatic rings. The summed E-state index contributed by atoms with van der Waals surface area (Å²) in [5.74, 6) is 0. The summed E-state index contributed by atoms with van der Waals surface area (Å²) in [5.41, 5.74) is 17.0. The Morgan fingerprint density at radius 1 is 0.107 bits per heavy atom. The molecule has 0 heterocycles. The van der Waals surface area contributed by atoms with Crippen molar-refractivity contribution >= 4 is 186 Å². The van der Waals surface area contributed by atoms with E-state index in [2.05, 4.69) is 0 Å². The van der Waals surface area contributed by atoms with Gasteiger partial charge < -0.3 is 0 Å². The lowest BCUT2D eigenvalue weighted by Gasteiger charge is -2.05. The van der Waals surface area contributed by atoms with Gasteiger partial charge in [-0.05, 0) is 195 Å². The maximum absolute atomic E-state index is 6.10. The summed E-state index contributed by atoms with van der Waals surface area (Å²) in [6.07, 6.45) is 0. The number of halogens is 16. The fourth-order valence-corrected chi connectivity index (χ4v) is 13.8. The summed E-state index contributed by atoms with van der Waals surface area (Å²) < 4.78 is 0. The van der Waals surface area contributed by atoms with Gasteiger partial charge in [0.15, 0.2) is 0 Å². The van der Waals surface area contributed by atoms with Crippen molar-refractivity contribution in [3.63, 3.8) is 0 Å². The van der Waals surface area contributed by atoms with Crippen LogP contribution in [0.15, 0.2) is 388 Å². The SMILES string of the molecule is Clc1cc(Cl)cc(-c2ccccc2)c1.Clc1ccc(-c2ccc(Cl)cc2)cc1.Clc1ccc(-c2ccccc2)cc1Cl.Clc1ccc(-c2ccccc2Cl)cc1.Clc1ccc(Cl)c(-c2ccccc2)c1.Clc1cccc(-c2cccc(Cl)c2)c1.Clc1cccc(-c2ccccc2)c1Cl.Clc1ccccc1-c1ccccc1Cl. The smallest absolute Gasteiger partial charge is 0.0670 e. The maximum Gasteiger partial charge on any atom is 0.0670 e. The Morgan fingerprint density at radius 2 is 0.375 bits per heavy atom.